The van der Waals surface area contributed by atoms with Crippen LogP contribution in [0.5, 0.6) is 0 Å². The summed E-state index contributed by atoms with van der Waals surface area (Å²) in [6.07, 6.45) is 48.9. The van der Waals surface area contributed by atoms with E-state index in [-0.39, 0.29) is 0 Å². The molecule has 0 rings (SSSR count). The van der Waals surface area contributed by atoms with Crippen LogP contribution in [0.15, 0.2) is 36.5 Å². The number of carbonyl (C=O) groups excluding carboxylic acids is 1. The van der Waals surface area contributed by atoms with Crippen LogP contribution >= 0.6 is 0 Å². The first-order chi connectivity index (χ1) is 26.0. The fourth-order valence-corrected chi connectivity index (χ4v) is 6.89. The Balaban J connectivity index is 3.80. The number of allylic oxidation sites excluding steroid dienone is 6. The molecule has 0 radical (unpaired) electrons. The molecule has 0 saturated carbocycles. The molecule has 5 N–H and O–H groups in total. The molecule has 0 heterocycles. The second-order valence-corrected chi connectivity index (χ2v) is 15.7. The van der Waals surface area contributed by atoms with E-state index >= 15 is 0 Å². The Morgan fingerprint density at radius 1 is 0.453 bits per heavy atom. The van der Waals surface area contributed by atoms with Crippen molar-refractivity contribution in [3.63, 3.8) is 0 Å². The maximum absolute atomic E-state index is 12.5. The van der Waals surface area contributed by atoms with E-state index in [1.54, 1.807) is 0 Å². The molecule has 0 bridgehead atoms. The molecule has 0 fully saturated rings. The van der Waals surface area contributed by atoms with Gasteiger partial charge in [-0.15, -0.1) is 0 Å². The molecule has 0 aromatic carbocycles. The quantitative estimate of drug-likeness (QED) is 0.0316. The fraction of sp³-hybridized carbons (Fsp3) is 0.851. The third-order valence-electron chi connectivity index (χ3n) is 10.6. The van der Waals surface area contributed by atoms with Crippen molar-refractivity contribution in [1.82, 2.24) is 5.32 Å². The minimum Gasteiger partial charge on any atom is -0.394 e. The predicted octanol–water partition coefficient (Wildman–Crippen LogP) is 12.1. The van der Waals surface area contributed by atoms with Crippen molar-refractivity contribution in [2.45, 2.75) is 250 Å². The average molecular weight is 748 g/mol. The van der Waals surface area contributed by atoms with Gasteiger partial charge in [-0.05, 0) is 77.0 Å². The van der Waals surface area contributed by atoms with Crippen LogP contribution in [0.3, 0.4) is 0 Å². The van der Waals surface area contributed by atoms with Crippen molar-refractivity contribution in [3.05, 3.63) is 36.5 Å². The van der Waals surface area contributed by atoms with Crippen LogP contribution in [-0.2, 0) is 4.79 Å². The van der Waals surface area contributed by atoms with E-state index in [9.17, 15) is 25.2 Å². The van der Waals surface area contributed by atoms with Gasteiger partial charge in [0.15, 0.2) is 0 Å². The molecule has 0 aromatic rings. The molecule has 0 aliphatic carbocycles. The van der Waals surface area contributed by atoms with Crippen LogP contribution in [0.4, 0.5) is 0 Å². The smallest absolute Gasteiger partial charge is 0.249 e. The lowest BCUT2D eigenvalue weighted by molar-refractivity contribution is -0.132. The molecule has 53 heavy (non-hydrogen) atoms. The van der Waals surface area contributed by atoms with Gasteiger partial charge in [-0.2, -0.15) is 0 Å². The summed E-state index contributed by atoms with van der Waals surface area (Å²) in [6, 6.07) is -1.01. The van der Waals surface area contributed by atoms with Gasteiger partial charge in [0.05, 0.1) is 18.8 Å². The molecule has 6 nitrogen and oxygen atoms in total. The Bertz CT molecular complexity index is 843. The summed E-state index contributed by atoms with van der Waals surface area (Å²) in [5.41, 5.74) is 0. The molecule has 1 amide bonds. The number of aliphatic hydroxyl groups is 4. The van der Waals surface area contributed by atoms with E-state index in [4.69, 9.17) is 0 Å². The van der Waals surface area contributed by atoms with E-state index in [1.807, 2.05) is 0 Å². The first-order valence-electron chi connectivity index (χ1n) is 22.9. The highest BCUT2D eigenvalue weighted by molar-refractivity contribution is 5.80. The van der Waals surface area contributed by atoms with E-state index in [1.165, 1.54) is 141 Å². The topological polar surface area (TPSA) is 110 Å². The maximum atomic E-state index is 12.5. The zero-order valence-corrected chi connectivity index (χ0v) is 35.0. The summed E-state index contributed by atoms with van der Waals surface area (Å²) in [4.78, 5) is 12.5. The summed E-state index contributed by atoms with van der Waals surface area (Å²) in [7, 11) is 0. The first-order valence-corrected chi connectivity index (χ1v) is 22.9. The van der Waals surface area contributed by atoms with Crippen molar-refractivity contribution in [2.75, 3.05) is 6.61 Å². The van der Waals surface area contributed by atoms with Crippen molar-refractivity contribution in [1.29, 1.82) is 0 Å². The SMILES string of the molecule is CCCCCCCCCC/C=C/CC/C=C/CCCC(O)C(O)C(CO)NC(=O)C(O)CCCCCCCC/C=C\CCCCCCCCCCCC. The van der Waals surface area contributed by atoms with E-state index in [0.717, 1.165) is 51.4 Å². The Labute approximate surface area is 328 Å². The van der Waals surface area contributed by atoms with Crippen molar-refractivity contribution in [2.24, 2.45) is 0 Å². The molecule has 0 saturated heterocycles. The highest BCUT2D eigenvalue weighted by Gasteiger charge is 2.28. The Morgan fingerprint density at radius 3 is 1.19 bits per heavy atom. The van der Waals surface area contributed by atoms with Crippen LogP contribution in [-0.4, -0.2) is 57.3 Å². The molecule has 6 heteroatoms. The molecule has 312 valence electrons. The van der Waals surface area contributed by atoms with Gasteiger partial charge in [0.1, 0.15) is 12.2 Å². The predicted molar refractivity (Wildman–Crippen MR) is 228 cm³/mol. The number of carbonyl (C=O) groups is 1. The Hall–Kier alpha value is -1.47. The highest BCUT2D eigenvalue weighted by atomic mass is 16.3. The van der Waals surface area contributed by atoms with E-state index < -0.39 is 36.9 Å². The second kappa shape index (κ2) is 41.7. The van der Waals surface area contributed by atoms with Crippen LogP contribution in [0.2, 0.25) is 0 Å². The third kappa shape index (κ3) is 36.0. The Morgan fingerprint density at radius 2 is 0.792 bits per heavy atom. The van der Waals surface area contributed by atoms with Gasteiger partial charge in [0, 0.05) is 0 Å². The minimum absolute atomic E-state index is 0.353. The average Bonchev–Trinajstić information content (AvgIpc) is 3.16. The molecule has 4 unspecified atom stereocenters. The molecule has 0 aliphatic heterocycles. The van der Waals surface area contributed by atoms with Crippen LogP contribution < -0.4 is 5.32 Å². The number of hydrogen-bond donors (Lipinski definition) is 5. The van der Waals surface area contributed by atoms with Crippen molar-refractivity contribution >= 4 is 5.91 Å². The maximum Gasteiger partial charge on any atom is 0.249 e. The van der Waals surface area contributed by atoms with Gasteiger partial charge in [0.25, 0.3) is 0 Å². The second-order valence-electron chi connectivity index (χ2n) is 15.7. The monoisotopic (exact) mass is 748 g/mol. The number of amides is 1. The van der Waals surface area contributed by atoms with E-state index in [0.29, 0.717) is 19.3 Å². The van der Waals surface area contributed by atoms with Crippen molar-refractivity contribution < 1.29 is 25.2 Å². The van der Waals surface area contributed by atoms with Gasteiger partial charge in [-0.3, -0.25) is 4.79 Å². The highest BCUT2D eigenvalue weighted by Crippen LogP contribution is 2.15. The normalized spacial score (nSPS) is 14.5. The summed E-state index contributed by atoms with van der Waals surface area (Å²) >= 11 is 0. The van der Waals surface area contributed by atoms with Gasteiger partial charge < -0.3 is 25.7 Å². The standard InChI is InChI=1S/C47H89NO5/c1-3-5-7-9-11-13-15-17-19-21-22-23-25-27-29-31-33-35-37-39-41-45(51)47(53)48-43(42-49)46(52)44(50)40-38-36-34-32-30-28-26-24-20-18-16-14-12-10-8-6-4-2/h23-26,32,34,43-46,49-52H,3-22,27-31,33,35-42H2,1-2H3,(H,48,53)/b25-23-,26-24+,34-32+. The summed E-state index contributed by atoms with van der Waals surface area (Å²) in [5.74, 6) is -0.602. The molecule has 0 aromatic heterocycles. The number of unbranched alkanes of at least 4 members (excludes halogenated alkanes) is 26. The number of nitrogens with one attached hydrogen (secondary N) is 1. The number of rotatable bonds is 41. The Kier molecular flexibility index (Phi) is 40.5. The molecular weight excluding hydrogens is 659 g/mol. The molecular formula is C47H89NO5. The third-order valence-corrected chi connectivity index (χ3v) is 10.6. The summed E-state index contributed by atoms with van der Waals surface area (Å²) in [6.45, 7) is 4.03. The fourth-order valence-electron chi connectivity index (χ4n) is 6.89. The van der Waals surface area contributed by atoms with E-state index in [2.05, 4.69) is 55.6 Å². The zero-order chi connectivity index (χ0) is 38.9. The van der Waals surface area contributed by atoms with Gasteiger partial charge in [-0.25, -0.2) is 0 Å². The molecule has 0 spiro atoms. The number of hydrogen-bond acceptors (Lipinski definition) is 5. The van der Waals surface area contributed by atoms with Crippen LogP contribution in [0.25, 0.3) is 0 Å². The van der Waals surface area contributed by atoms with Gasteiger partial charge in [-0.1, -0.05) is 185 Å². The lowest BCUT2D eigenvalue weighted by Gasteiger charge is -2.27. The van der Waals surface area contributed by atoms with Crippen molar-refractivity contribution in [3.8, 4) is 0 Å². The molecule has 0 aliphatic rings. The van der Waals surface area contributed by atoms with Crippen LogP contribution in [0, 0.1) is 0 Å². The summed E-state index contributed by atoms with van der Waals surface area (Å²) in [5, 5.41) is 43.7. The van der Waals surface area contributed by atoms with Gasteiger partial charge >= 0.3 is 0 Å². The lowest BCUT2D eigenvalue weighted by Crippen LogP contribution is -2.53. The lowest BCUT2D eigenvalue weighted by atomic mass is 10.00. The first kappa shape index (κ1) is 51.5. The zero-order valence-electron chi connectivity index (χ0n) is 35.0. The molecule has 4 atom stereocenters. The van der Waals surface area contributed by atoms with Crippen LogP contribution in [0.1, 0.15) is 226 Å². The summed E-state index contributed by atoms with van der Waals surface area (Å²) < 4.78 is 0. The number of aliphatic hydroxyl groups excluding tert-OH is 4. The minimum atomic E-state index is -1.29. The van der Waals surface area contributed by atoms with Gasteiger partial charge in [0.2, 0.25) is 5.91 Å². The largest absolute Gasteiger partial charge is 0.394 e.